The minimum atomic E-state index is -0.956. The largest absolute Gasteiger partial charge is 0.480 e. The Morgan fingerprint density at radius 2 is 1.67 bits per heavy atom. The third-order valence-corrected chi connectivity index (χ3v) is 2.55. The van der Waals surface area contributed by atoms with Crippen molar-refractivity contribution in [3.05, 3.63) is 0 Å². The summed E-state index contributed by atoms with van der Waals surface area (Å²) in [6.45, 7) is 7.37. The fourth-order valence-electron chi connectivity index (χ4n) is 1.53. The predicted octanol–water partition coefficient (Wildman–Crippen LogP) is 1.74. The summed E-state index contributed by atoms with van der Waals surface area (Å²) in [7, 11) is 0. The number of aliphatic carboxylic acids is 1. The van der Waals surface area contributed by atoms with E-state index >= 15 is 0 Å². The Balaban J connectivity index is 4.60. The molecule has 0 aromatic carbocycles. The number of nitrogens with zero attached hydrogens (tertiary/aromatic N) is 1. The molecule has 0 spiro atoms. The van der Waals surface area contributed by atoms with E-state index in [9.17, 15) is 9.59 Å². The van der Waals surface area contributed by atoms with Gasteiger partial charge in [-0.2, -0.15) is 0 Å². The molecule has 4 nitrogen and oxygen atoms in total. The summed E-state index contributed by atoms with van der Waals surface area (Å²) in [6, 6.07) is -0.0609. The second-order valence-corrected chi connectivity index (χ2v) is 3.97. The number of carbonyl (C=O) groups is 2. The van der Waals surface area contributed by atoms with Crippen LogP contribution in [0.4, 0.5) is 0 Å². The van der Waals surface area contributed by atoms with E-state index in [0.29, 0.717) is 0 Å². The first kappa shape index (κ1) is 13.9. The van der Waals surface area contributed by atoms with E-state index in [1.807, 2.05) is 27.7 Å². The average molecular weight is 215 g/mol. The predicted molar refractivity (Wildman–Crippen MR) is 58.6 cm³/mol. The fourth-order valence-corrected chi connectivity index (χ4v) is 1.53. The molecule has 88 valence electrons. The molecule has 0 radical (unpaired) electrons. The summed E-state index contributed by atoms with van der Waals surface area (Å²) < 4.78 is 0. The van der Waals surface area contributed by atoms with Crippen LogP contribution >= 0.6 is 0 Å². The molecule has 0 unspecified atom stereocenters. The maximum Gasteiger partial charge on any atom is 0.323 e. The SMILES string of the molecule is CCC(CC)C(=O)N(CC(=O)O)C(C)C. The van der Waals surface area contributed by atoms with Gasteiger partial charge in [0.25, 0.3) is 0 Å². The van der Waals surface area contributed by atoms with Gasteiger partial charge in [0, 0.05) is 12.0 Å². The van der Waals surface area contributed by atoms with Gasteiger partial charge >= 0.3 is 5.97 Å². The molecular formula is C11H21NO3. The third kappa shape index (κ3) is 4.32. The molecule has 0 aliphatic carbocycles. The molecule has 0 heterocycles. The van der Waals surface area contributed by atoms with Crippen LogP contribution in [0.25, 0.3) is 0 Å². The lowest BCUT2D eigenvalue weighted by molar-refractivity contribution is -0.147. The van der Waals surface area contributed by atoms with Crippen LogP contribution in [0.1, 0.15) is 40.5 Å². The van der Waals surface area contributed by atoms with Crippen molar-refractivity contribution in [2.75, 3.05) is 6.54 Å². The molecule has 0 aliphatic rings. The second-order valence-electron chi connectivity index (χ2n) is 3.97. The van der Waals surface area contributed by atoms with Gasteiger partial charge in [-0.05, 0) is 26.7 Å². The Hall–Kier alpha value is -1.06. The Bertz CT molecular complexity index is 222. The number of hydrogen-bond acceptors (Lipinski definition) is 2. The highest BCUT2D eigenvalue weighted by Gasteiger charge is 2.25. The molecule has 1 N–H and O–H groups in total. The lowest BCUT2D eigenvalue weighted by atomic mass is 10.0. The molecule has 0 saturated carbocycles. The minimum absolute atomic E-state index is 0.0441. The van der Waals surface area contributed by atoms with Crippen molar-refractivity contribution in [3.63, 3.8) is 0 Å². The van der Waals surface area contributed by atoms with Gasteiger partial charge in [-0.15, -0.1) is 0 Å². The van der Waals surface area contributed by atoms with Gasteiger partial charge in [-0.1, -0.05) is 13.8 Å². The monoisotopic (exact) mass is 215 g/mol. The summed E-state index contributed by atoms with van der Waals surface area (Å²) in [6.07, 6.45) is 1.52. The molecule has 0 rings (SSSR count). The van der Waals surface area contributed by atoms with Crippen LogP contribution in [-0.2, 0) is 9.59 Å². The maximum absolute atomic E-state index is 11.9. The van der Waals surface area contributed by atoms with E-state index < -0.39 is 5.97 Å². The standard InChI is InChI=1S/C11H21NO3/c1-5-9(6-2)11(15)12(8(3)4)7-10(13)14/h8-9H,5-7H2,1-4H3,(H,13,14). The smallest absolute Gasteiger partial charge is 0.323 e. The van der Waals surface area contributed by atoms with Gasteiger partial charge in [0.2, 0.25) is 5.91 Å². The highest BCUT2D eigenvalue weighted by molar-refractivity contribution is 5.83. The first-order valence-electron chi connectivity index (χ1n) is 5.46. The van der Waals surface area contributed by atoms with Crippen LogP contribution in [0.2, 0.25) is 0 Å². The Morgan fingerprint density at radius 1 is 1.20 bits per heavy atom. The molecule has 15 heavy (non-hydrogen) atoms. The Morgan fingerprint density at radius 3 is 1.93 bits per heavy atom. The van der Waals surface area contributed by atoms with Crippen molar-refractivity contribution in [2.24, 2.45) is 5.92 Å². The van der Waals surface area contributed by atoms with E-state index in [1.165, 1.54) is 4.90 Å². The first-order chi connectivity index (χ1) is 6.93. The van der Waals surface area contributed by atoms with Crippen LogP contribution in [0.5, 0.6) is 0 Å². The van der Waals surface area contributed by atoms with Crippen LogP contribution < -0.4 is 0 Å². The summed E-state index contributed by atoms with van der Waals surface area (Å²) in [5, 5.41) is 8.71. The zero-order chi connectivity index (χ0) is 12.0. The molecule has 0 atom stereocenters. The lowest BCUT2D eigenvalue weighted by Gasteiger charge is -2.28. The third-order valence-electron chi connectivity index (χ3n) is 2.55. The van der Waals surface area contributed by atoms with Crippen LogP contribution in [0.3, 0.4) is 0 Å². The maximum atomic E-state index is 11.9. The topological polar surface area (TPSA) is 57.6 Å². The van der Waals surface area contributed by atoms with Gasteiger partial charge in [-0.3, -0.25) is 9.59 Å². The number of hydrogen-bond donors (Lipinski definition) is 1. The van der Waals surface area contributed by atoms with Gasteiger partial charge in [0.05, 0.1) is 0 Å². The molecule has 4 heteroatoms. The minimum Gasteiger partial charge on any atom is -0.480 e. The van der Waals surface area contributed by atoms with Crippen molar-refractivity contribution in [1.82, 2.24) is 4.90 Å². The van der Waals surface area contributed by atoms with Gasteiger partial charge in [-0.25, -0.2) is 0 Å². The molecule has 0 bridgehead atoms. The average Bonchev–Trinajstić information content (AvgIpc) is 2.15. The normalized spacial score (nSPS) is 10.8. The zero-order valence-corrected chi connectivity index (χ0v) is 9.99. The van der Waals surface area contributed by atoms with E-state index in [1.54, 1.807) is 0 Å². The number of amides is 1. The molecule has 1 amide bonds. The van der Waals surface area contributed by atoms with Crippen molar-refractivity contribution in [3.8, 4) is 0 Å². The van der Waals surface area contributed by atoms with Crippen molar-refractivity contribution >= 4 is 11.9 Å². The van der Waals surface area contributed by atoms with E-state index in [-0.39, 0.29) is 24.4 Å². The van der Waals surface area contributed by atoms with Crippen LogP contribution in [0, 0.1) is 5.92 Å². The zero-order valence-electron chi connectivity index (χ0n) is 9.99. The van der Waals surface area contributed by atoms with Crippen LogP contribution in [0.15, 0.2) is 0 Å². The Kier molecular flexibility index (Phi) is 5.97. The number of carboxylic acids is 1. The molecule has 0 aliphatic heterocycles. The fraction of sp³-hybridized carbons (Fsp3) is 0.818. The molecule has 0 aromatic heterocycles. The summed E-state index contributed by atoms with van der Waals surface area (Å²) in [5.74, 6) is -1.05. The summed E-state index contributed by atoms with van der Waals surface area (Å²) >= 11 is 0. The van der Waals surface area contributed by atoms with Gasteiger partial charge in [0.1, 0.15) is 6.54 Å². The van der Waals surface area contributed by atoms with Gasteiger partial charge < -0.3 is 10.0 Å². The van der Waals surface area contributed by atoms with E-state index in [2.05, 4.69) is 0 Å². The summed E-state index contributed by atoms with van der Waals surface area (Å²) in [4.78, 5) is 24.0. The lowest BCUT2D eigenvalue weighted by Crippen LogP contribution is -2.43. The number of carbonyl (C=O) groups excluding carboxylic acids is 1. The first-order valence-corrected chi connectivity index (χ1v) is 5.46. The molecular weight excluding hydrogens is 194 g/mol. The molecule has 0 saturated heterocycles. The van der Waals surface area contributed by atoms with E-state index in [4.69, 9.17) is 5.11 Å². The highest BCUT2D eigenvalue weighted by atomic mass is 16.4. The quantitative estimate of drug-likeness (QED) is 0.734. The summed E-state index contributed by atoms with van der Waals surface area (Å²) in [5.41, 5.74) is 0. The van der Waals surface area contributed by atoms with Crippen LogP contribution in [-0.4, -0.2) is 34.5 Å². The number of carboxylic acid groups (broad SMARTS) is 1. The molecule has 0 fully saturated rings. The van der Waals surface area contributed by atoms with Crippen molar-refractivity contribution < 1.29 is 14.7 Å². The highest BCUT2D eigenvalue weighted by Crippen LogP contribution is 2.13. The van der Waals surface area contributed by atoms with Crippen molar-refractivity contribution in [1.29, 1.82) is 0 Å². The number of rotatable bonds is 6. The second kappa shape index (κ2) is 6.43. The van der Waals surface area contributed by atoms with E-state index in [0.717, 1.165) is 12.8 Å². The Labute approximate surface area is 91.3 Å². The van der Waals surface area contributed by atoms with Gasteiger partial charge in [0.15, 0.2) is 0 Å². The van der Waals surface area contributed by atoms with Crippen molar-refractivity contribution in [2.45, 2.75) is 46.6 Å². The molecule has 0 aromatic rings.